The second-order valence-electron chi connectivity index (χ2n) is 7.59. The van der Waals surface area contributed by atoms with Crippen LogP contribution in [-0.4, -0.2) is 30.6 Å². The molecule has 2 amide bonds. The summed E-state index contributed by atoms with van der Waals surface area (Å²) in [4.78, 5) is 14.2. The molecule has 0 bridgehead atoms. The molecule has 0 aromatic heterocycles. The normalized spacial score (nSPS) is 19.7. The van der Waals surface area contributed by atoms with Gasteiger partial charge >= 0.3 is 6.03 Å². The number of carbonyl (C=O) groups is 1. The van der Waals surface area contributed by atoms with Gasteiger partial charge in [-0.3, -0.25) is 10.9 Å². The van der Waals surface area contributed by atoms with Gasteiger partial charge in [0.2, 0.25) is 0 Å². The maximum atomic E-state index is 13.4. The van der Waals surface area contributed by atoms with Crippen LogP contribution in [0.15, 0.2) is 53.0 Å². The van der Waals surface area contributed by atoms with Crippen LogP contribution >= 0.6 is 15.9 Å². The van der Waals surface area contributed by atoms with Crippen molar-refractivity contribution < 1.29 is 9.18 Å². The largest absolute Gasteiger partial charge is 0.331 e. The molecular formula is C22H28BrFN4O. The Balaban J connectivity index is 1.40. The highest BCUT2D eigenvalue weighted by molar-refractivity contribution is 9.10. The minimum atomic E-state index is -0.211. The SMILES string of the molecule is CC(NC(=O)N(C)CCCC1CC(c2cccc(F)c2)NN1)c1ccccc1Br. The highest BCUT2D eigenvalue weighted by Gasteiger charge is 2.25. The minimum absolute atomic E-state index is 0.0757. The number of benzene rings is 2. The summed E-state index contributed by atoms with van der Waals surface area (Å²) >= 11 is 3.53. The second kappa shape index (κ2) is 10.2. The van der Waals surface area contributed by atoms with Gasteiger partial charge in [-0.25, -0.2) is 9.18 Å². The van der Waals surface area contributed by atoms with Gasteiger partial charge in [-0.05, 0) is 55.5 Å². The van der Waals surface area contributed by atoms with Gasteiger partial charge in [0.15, 0.2) is 0 Å². The van der Waals surface area contributed by atoms with E-state index in [-0.39, 0.29) is 23.9 Å². The van der Waals surface area contributed by atoms with Crippen molar-refractivity contribution in [3.05, 3.63) is 69.9 Å². The first kappa shape index (κ1) is 21.7. The van der Waals surface area contributed by atoms with E-state index in [2.05, 4.69) is 32.1 Å². The summed E-state index contributed by atoms with van der Waals surface area (Å²) in [6, 6.07) is 14.9. The molecule has 29 heavy (non-hydrogen) atoms. The average Bonchev–Trinajstić information content (AvgIpc) is 3.17. The summed E-state index contributed by atoms with van der Waals surface area (Å²) in [6.45, 7) is 2.66. The molecule has 1 fully saturated rings. The molecule has 5 nitrogen and oxygen atoms in total. The molecule has 7 heteroatoms. The lowest BCUT2D eigenvalue weighted by molar-refractivity contribution is 0.204. The van der Waals surface area contributed by atoms with Gasteiger partial charge in [0.1, 0.15) is 5.82 Å². The molecule has 3 atom stereocenters. The number of nitrogens with one attached hydrogen (secondary N) is 3. The number of hydrogen-bond donors (Lipinski definition) is 3. The zero-order valence-corrected chi connectivity index (χ0v) is 18.4. The Morgan fingerprint density at radius 1 is 1.28 bits per heavy atom. The summed E-state index contributed by atoms with van der Waals surface area (Å²) < 4.78 is 14.4. The molecule has 0 saturated carbocycles. The number of hydrazine groups is 1. The third-order valence-electron chi connectivity index (χ3n) is 5.34. The Labute approximate surface area is 180 Å². The fourth-order valence-corrected chi connectivity index (χ4v) is 4.26. The number of carbonyl (C=O) groups excluding carboxylic acids is 1. The lowest BCUT2D eigenvalue weighted by atomic mass is 9.99. The molecule has 1 aliphatic rings. The van der Waals surface area contributed by atoms with E-state index in [1.807, 2.05) is 44.3 Å². The molecule has 2 aromatic carbocycles. The predicted molar refractivity (Wildman–Crippen MR) is 117 cm³/mol. The van der Waals surface area contributed by atoms with Crippen molar-refractivity contribution in [2.24, 2.45) is 0 Å². The van der Waals surface area contributed by atoms with Gasteiger partial charge in [0.05, 0.1) is 6.04 Å². The van der Waals surface area contributed by atoms with Crippen LogP contribution in [0, 0.1) is 5.82 Å². The fraction of sp³-hybridized carbons (Fsp3) is 0.409. The second-order valence-corrected chi connectivity index (χ2v) is 8.44. The third-order valence-corrected chi connectivity index (χ3v) is 6.06. The fourth-order valence-electron chi connectivity index (χ4n) is 3.63. The summed E-state index contributed by atoms with van der Waals surface area (Å²) in [6.07, 6.45) is 2.73. The summed E-state index contributed by atoms with van der Waals surface area (Å²) in [5, 5.41) is 3.04. The number of nitrogens with zero attached hydrogens (tertiary/aromatic N) is 1. The van der Waals surface area contributed by atoms with E-state index in [0.717, 1.165) is 34.9 Å². The molecular weight excluding hydrogens is 435 g/mol. The van der Waals surface area contributed by atoms with Crippen LogP contribution in [0.4, 0.5) is 9.18 Å². The minimum Gasteiger partial charge on any atom is -0.331 e. The van der Waals surface area contributed by atoms with E-state index in [1.165, 1.54) is 6.07 Å². The lowest BCUT2D eigenvalue weighted by Crippen LogP contribution is -2.39. The number of amides is 2. The lowest BCUT2D eigenvalue weighted by Gasteiger charge is -2.22. The zero-order chi connectivity index (χ0) is 20.8. The van der Waals surface area contributed by atoms with Gasteiger partial charge in [-0.2, -0.15) is 0 Å². The molecule has 3 unspecified atom stereocenters. The Kier molecular flexibility index (Phi) is 7.64. The highest BCUT2D eigenvalue weighted by Crippen LogP contribution is 2.25. The number of urea groups is 1. The molecule has 1 aliphatic heterocycles. The van der Waals surface area contributed by atoms with Crippen LogP contribution in [0.5, 0.6) is 0 Å². The van der Waals surface area contributed by atoms with Crippen LogP contribution in [0.1, 0.15) is 49.4 Å². The quantitative estimate of drug-likeness (QED) is 0.559. The van der Waals surface area contributed by atoms with E-state index in [0.29, 0.717) is 12.6 Å². The maximum Gasteiger partial charge on any atom is 0.317 e. The first-order chi connectivity index (χ1) is 13.9. The number of rotatable bonds is 7. The smallest absolute Gasteiger partial charge is 0.317 e. The van der Waals surface area contributed by atoms with E-state index < -0.39 is 0 Å². The van der Waals surface area contributed by atoms with Crippen molar-refractivity contribution in [1.29, 1.82) is 0 Å². The van der Waals surface area contributed by atoms with Gasteiger partial charge < -0.3 is 10.2 Å². The van der Waals surface area contributed by atoms with Crippen molar-refractivity contribution in [2.45, 2.75) is 44.3 Å². The Morgan fingerprint density at radius 3 is 2.83 bits per heavy atom. The summed E-state index contributed by atoms with van der Waals surface area (Å²) in [5.74, 6) is -0.211. The van der Waals surface area contributed by atoms with E-state index >= 15 is 0 Å². The van der Waals surface area contributed by atoms with Gasteiger partial charge in [-0.15, -0.1) is 0 Å². The van der Waals surface area contributed by atoms with Gasteiger partial charge in [0.25, 0.3) is 0 Å². The van der Waals surface area contributed by atoms with Crippen LogP contribution in [0.2, 0.25) is 0 Å². The van der Waals surface area contributed by atoms with E-state index in [1.54, 1.807) is 17.0 Å². The molecule has 1 heterocycles. The monoisotopic (exact) mass is 462 g/mol. The highest BCUT2D eigenvalue weighted by atomic mass is 79.9. The molecule has 2 aromatic rings. The Bertz CT molecular complexity index is 834. The molecule has 1 saturated heterocycles. The van der Waals surface area contributed by atoms with Crippen molar-refractivity contribution in [1.82, 2.24) is 21.1 Å². The first-order valence-corrected chi connectivity index (χ1v) is 10.8. The molecule has 0 spiro atoms. The van der Waals surface area contributed by atoms with Crippen LogP contribution in [-0.2, 0) is 0 Å². The first-order valence-electron chi connectivity index (χ1n) is 9.96. The Morgan fingerprint density at radius 2 is 2.07 bits per heavy atom. The maximum absolute atomic E-state index is 13.4. The molecule has 0 radical (unpaired) electrons. The molecule has 3 rings (SSSR count). The van der Waals surface area contributed by atoms with Crippen molar-refractivity contribution in [3.8, 4) is 0 Å². The summed E-state index contributed by atoms with van der Waals surface area (Å²) in [5.41, 5.74) is 8.55. The standard InChI is InChI=1S/C22H28BrFN4O/c1-15(19-10-3-4-11-20(19)23)25-22(29)28(2)12-6-9-18-14-21(27-26-18)16-7-5-8-17(24)13-16/h3-5,7-8,10-11,13,15,18,21,26-27H,6,9,12,14H2,1-2H3,(H,25,29). The summed E-state index contributed by atoms with van der Waals surface area (Å²) in [7, 11) is 1.82. The van der Waals surface area contributed by atoms with Crippen molar-refractivity contribution >= 4 is 22.0 Å². The average molecular weight is 463 g/mol. The molecule has 3 N–H and O–H groups in total. The Hall–Kier alpha value is -1.96. The third kappa shape index (κ3) is 6.01. The number of halogens is 2. The van der Waals surface area contributed by atoms with Crippen molar-refractivity contribution in [2.75, 3.05) is 13.6 Å². The number of hydrogen-bond acceptors (Lipinski definition) is 3. The van der Waals surface area contributed by atoms with Gasteiger partial charge in [-0.1, -0.05) is 46.3 Å². The zero-order valence-electron chi connectivity index (χ0n) is 16.8. The van der Waals surface area contributed by atoms with Gasteiger partial charge in [0, 0.05) is 30.1 Å². The molecule has 156 valence electrons. The topological polar surface area (TPSA) is 56.4 Å². The van der Waals surface area contributed by atoms with Crippen LogP contribution < -0.4 is 16.2 Å². The van der Waals surface area contributed by atoms with E-state index in [4.69, 9.17) is 0 Å². The predicted octanol–water partition coefficient (Wildman–Crippen LogP) is 4.68. The van der Waals surface area contributed by atoms with E-state index in [9.17, 15) is 9.18 Å². The van der Waals surface area contributed by atoms with Crippen LogP contribution in [0.25, 0.3) is 0 Å². The van der Waals surface area contributed by atoms with Crippen molar-refractivity contribution in [3.63, 3.8) is 0 Å². The van der Waals surface area contributed by atoms with Crippen LogP contribution in [0.3, 0.4) is 0 Å². The molecule has 0 aliphatic carbocycles.